The van der Waals surface area contributed by atoms with Gasteiger partial charge in [0.15, 0.2) is 0 Å². The van der Waals surface area contributed by atoms with Crippen LogP contribution in [0.1, 0.15) is 32.6 Å². The van der Waals surface area contributed by atoms with E-state index in [2.05, 4.69) is 5.43 Å². The van der Waals surface area contributed by atoms with Gasteiger partial charge in [-0.2, -0.15) is 0 Å². The summed E-state index contributed by atoms with van der Waals surface area (Å²) in [5, 5.41) is 0. The number of carbonyl (C=O) groups is 1. The second kappa shape index (κ2) is 2.58. The Kier molecular flexibility index (Phi) is 1.94. The van der Waals surface area contributed by atoms with Gasteiger partial charge in [0.25, 0.3) is 0 Å². The first kappa shape index (κ1) is 7.54. The van der Waals surface area contributed by atoms with E-state index in [1.54, 1.807) is 0 Å². The van der Waals surface area contributed by atoms with Crippen LogP contribution in [-0.4, -0.2) is 5.91 Å². The van der Waals surface area contributed by atoms with Gasteiger partial charge in [-0.15, -0.1) is 0 Å². The topological polar surface area (TPSA) is 55.1 Å². The minimum Gasteiger partial charge on any atom is -0.294 e. The maximum atomic E-state index is 11.1. The summed E-state index contributed by atoms with van der Waals surface area (Å²) in [7, 11) is 0. The van der Waals surface area contributed by atoms with Gasteiger partial charge in [0.1, 0.15) is 0 Å². The largest absolute Gasteiger partial charge is 0.294 e. The van der Waals surface area contributed by atoms with Gasteiger partial charge < -0.3 is 0 Å². The SMILES string of the molecule is CCC1(C(=O)NN)CCC1. The molecule has 0 radical (unpaired) electrons. The highest BCUT2D eigenvalue weighted by molar-refractivity contribution is 5.82. The molecule has 0 bridgehead atoms. The molecule has 1 saturated carbocycles. The third kappa shape index (κ3) is 0.904. The van der Waals surface area contributed by atoms with Gasteiger partial charge >= 0.3 is 0 Å². The van der Waals surface area contributed by atoms with Crippen LogP contribution < -0.4 is 11.3 Å². The highest BCUT2D eigenvalue weighted by atomic mass is 16.2. The van der Waals surface area contributed by atoms with Gasteiger partial charge in [-0.25, -0.2) is 5.84 Å². The van der Waals surface area contributed by atoms with Crippen molar-refractivity contribution >= 4 is 5.91 Å². The molecule has 0 unspecified atom stereocenters. The Morgan fingerprint density at radius 1 is 1.70 bits per heavy atom. The number of nitrogens with two attached hydrogens (primary N) is 1. The van der Waals surface area contributed by atoms with Crippen molar-refractivity contribution in [1.82, 2.24) is 5.43 Å². The first-order valence-corrected chi connectivity index (χ1v) is 3.76. The zero-order valence-corrected chi connectivity index (χ0v) is 6.31. The molecule has 0 aromatic carbocycles. The maximum absolute atomic E-state index is 11.1. The average molecular weight is 142 g/mol. The van der Waals surface area contributed by atoms with E-state index in [0.717, 1.165) is 19.3 Å². The Bertz CT molecular complexity index is 135. The highest BCUT2D eigenvalue weighted by Gasteiger charge is 2.41. The van der Waals surface area contributed by atoms with Crippen LogP contribution in [0, 0.1) is 5.41 Å². The fraction of sp³-hybridized carbons (Fsp3) is 0.857. The van der Waals surface area contributed by atoms with Crippen LogP contribution in [-0.2, 0) is 4.79 Å². The van der Waals surface area contributed by atoms with Crippen molar-refractivity contribution in [1.29, 1.82) is 0 Å². The Balaban J connectivity index is 2.55. The molecule has 10 heavy (non-hydrogen) atoms. The summed E-state index contributed by atoms with van der Waals surface area (Å²) in [5.74, 6) is 5.06. The van der Waals surface area contributed by atoms with E-state index in [1.807, 2.05) is 6.92 Å². The Labute approximate surface area is 60.9 Å². The summed E-state index contributed by atoms with van der Waals surface area (Å²) >= 11 is 0. The summed E-state index contributed by atoms with van der Waals surface area (Å²) in [6, 6.07) is 0. The van der Waals surface area contributed by atoms with Crippen molar-refractivity contribution in [2.24, 2.45) is 11.3 Å². The van der Waals surface area contributed by atoms with E-state index in [9.17, 15) is 4.79 Å². The maximum Gasteiger partial charge on any atom is 0.240 e. The zero-order chi connectivity index (χ0) is 7.61. The molecule has 0 aromatic rings. The van der Waals surface area contributed by atoms with E-state index < -0.39 is 0 Å². The van der Waals surface area contributed by atoms with Crippen molar-refractivity contribution in [3.05, 3.63) is 0 Å². The molecule has 3 nitrogen and oxygen atoms in total. The van der Waals surface area contributed by atoms with Crippen molar-refractivity contribution in [3.8, 4) is 0 Å². The summed E-state index contributed by atoms with van der Waals surface area (Å²) in [6.45, 7) is 2.04. The van der Waals surface area contributed by atoms with Crippen molar-refractivity contribution in [2.45, 2.75) is 32.6 Å². The van der Waals surface area contributed by atoms with E-state index in [4.69, 9.17) is 5.84 Å². The Morgan fingerprint density at radius 3 is 2.40 bits per heavy atom. The number of hydrazine groups is 1. The fourth-order valence-electron chi connectivity index (χ4n) is 1.50. The van der Waals surface area contributed by atoms with Crippen molar-refractivity contribution in [2.75, 3.05) is 0 Å². The third-order valence-electron chi connectivity index (χ3n) is 2.60. The molecule has 0 heterocycles. The summed E-state index contributed by atoms with van der Waals surface area (Å²) in [4.78, 5) is 11.1. The van der Waals surface area contributed by atoms with Gasteiger partial charge in [-0.05, 0) is 19.3 Å². The zero-order valence-electron chi connectivity index (χ0n) is 6.31. The lowest BCUT2D eigenvalue weighted by Gasteiger charge is -2.38. The van der Waals surface area contributed by atoms with Crippen molar-refractivity contribution in [3.63, 3.8) is 0 Å². The molecular weight excluding hydrogens is 128 g/mol. The predicted octanol–water partition coefficient (Wildman–Crippen LogP) is 0.557. The molecule has 1 amide bonds. The monoisotopic (exact) mass is 142 g/mol. The number of hydrogen-bond donors (Lipinski definition) is 2. The molecule has 0 aliphatic heterocycles. The van der Waals surface area contributed by atoms with E-state index in [-0.39, 0.29) is 11.3 Å². The van der Waals surface area contributed by atoms with Gasteiger partial charge in [0.05, 0.1) is 5.41 Å². The lowest BCUT2D eigenvalue weighted by Crippen LogP contribution is -2.47. The van der Waals surface area contributed by atoms with E-state index in [1.165, 1.54) is 6.42 Å². The van der Waals surface area contributed by atoms with Crippen LogP contribution in [0.25, 0.3) is 0 Å². The normalized spacial score (nSPS) is 21.4. The molecule has 0 atom stereocenters. The van der Waals surface area contributed by atoms with Crippen LogP contribution in [0.5, 0.6) is 0 Å². The molecule has 1 fully saturated rings. The number of hydrogen-bond acceptors (Lipinski definition) is 2. The first-order valence-electron chi connectivity index (χ1n) is 3.76. The van der Waals surface area contributed by atoms with E-state index >= 15 is 0 Å². The summed E-state index contributed by atoms with van der Waals surface area (Å²) in [6.07, 6.45) is 4.09. The fourth-order valence-corrected chi connectivity index (χ4v) is 1.50. The second-order valence-electron chi connectivity index (χ2n) is 2.96. The molecule has 3 N–H and O–H groups in total. The average Bonchev–Trinajstić information content (AvgIpc) is 1.86. The molecule has 3 heteroatoms. The molecule has 0 spiro atoms. The predicted molar refractivity (Wildman–Crippen MR) is 38.9 cm³/mol. The first-order chi connectivity index (χ1) is 4.75. The second-order valence-corrected chi connectivity index (χ2v) is 2.96. The van der Waals surface area contributed by atoms with E-state index in [0.29, 0.717) is 0 Å². The molecule has 1 aliphatic carbocycles. The smallest absolute Gasteiger partial charge is 0.240 e. The minimum absolute atomic E-state index is 0.0150. The number of carbonyl (C=O) groups excluding carboxylic acids is 1. The molecular formula is C7H14N2O. The number of nitrogens with one attached hydrogen (secondary N) is 1. The summed E-state index contributed by atoms with van der Waals surface area (Å²) < 4.78 is 0. The van der Waals surface area contributed by atoms with Gasteiger partial charge in [0.2, 0.25) is 5.91 Å². The third-order valence-corrected chi connectivity index (χ3v) is 2.60. The van der Waals surface area contributed by atoms with Gasteiger partial charge in [-0.1, -0.05) is 13.3 Å². The quantitative estimate of drug-likeness (QED) is 0.336. The standard InChI is InChI=1S/C7H14N2O/c1-2-7(4-3-5-7)6(10)9-8/h2-5,8H2,1H3,(H,9,10). The molecule has 1 aliphatic rings. The van der Waals surface area contributed by atoms with Crippen LogP contribution >= 0.6 is 0 Å². The van der Waals surface area contributed by atoms with Crippen molar-refractivity contribution < 1.29 is 4.79 Å². The van der Waals surface area contributed by atoms with Crippen LogP contribution in [0.15, 0.2) is 0 Å². The van der Waals surface area contributed by atoms with Gasteiger partial charge in [0, 0.05) is 0 Å². The van der Waals surface area contributed by atoms with Crippen LogP contribution in [0.3, 0.4) is 0 Å². The summed E-state index contributed by atoms with van der Waals surface area (Å²) in [5.41, 5.74) is 2.12. The Hall–Kier alpha value is -0.570. The molecule has 0 saturated heterocycles. The minimum atomic E-state index is -0.102. The molecule has 0 aromatic heterocycles. The molecule has 58 valence electrons. The highest BCUT2D eigenvalue weighted by Crippen LogP contribution is 2.43. The molecule has 1 rings (SSSR count). The lowest BCUT2D eigenvalue weighted by atomic mass is 9.66. The Morgan fingerprint density at radius 2 is 2.30 bits per heavy atom. The lowest BCUT2D eigenvalue weighted by molar-refractivity contribution is -0.136. The van der Waals surface area contributed by atoms with Gasteiger partial charge in [-0.3, -0.25) is 10.2 Å². The van der Waals surface area contributed by atoms with Crippen LogP contribution in [0.2, 0.25) is 0 Å². The van der Waals surface area contributed by atoms with Crippen LogP contribution in [0.4, 0.5) is 0 Å². The number of rotatable bonds is 2. The number of amides is 1.